The molecule has 0 saturated heterocycles. The molecule has 0 atom stereocenters. The number of hydrogen-bond donors (Lipinski definition) is 1. The van der Waals surface area contributed by atoms with Crippen LogP contribution < -0.4 is 15.5 Å². The summed E-state index contributed by atoms with van der Waals surface area (Å²) in [5.41, 5.74) is 1.26. The van der Waals surface area contributed by atoms with Crippen molar-refractivity contribution in [2.24, 2.45) is 0 Å². The second kappa shape index (κ2) is 10.4. The Balaban J connectivity index is 1.74. The summed E-state index contributed by atoms with van der Waals surface area (Å²) in [6.45, 7) is -0.0407. The van der Waals surface area contributed by atoms with Crippen molar-refractivity contribution in [1.82, 2.24) is 14.5 Å². The number of benzene rings is 1. The number of nitrogens with zero attached hydrogens (tertiary/aromatic N) is 3. The first-order chi connectivity index (χ1) is 15.0. The SMILES string of the molecule is COC(=O)c1ccc(NC(=O)Cn2cc(OC)c(=O)cc2CSc2ncccn2)cc1. The average molecular weight is 440 g/mol. The zero-order valence-electron chi connectivity index (χ0n) is 16.9. The van der Waals surface area contributed by atoms with E-state index in [1.165, 1.54) is 38.2 Å². The summed E-state index contributed by atoms with van der Waals surface area (Å²) < 4.78 is 11.4. The molecule has 0 bridgehead atoms. The van der Waals surface area contributed by atoms with Crippen LogP contribution in [0.4, 0.5) is 5.69 Å². The molecule has 0 aliphatic carbocycles. The highest BCUT2D eigenvalue weighted by Crippen LogP contribution is 2.19. The summed E-state index contributed by atoms with van der Waals surface area (Å²) in [7, 11) is 2.70. The summed E-state index contributed by atoms with van der Waals surface area (Å²) in [6, 6.07) is 9.50. The van der Waals surface area contributed by atoms with Crippen LogP contribution in [-0.2, 0) is 21.8 Å². The number of nitrogens with one attached hydrogen (secondary N) is 1. The largest absolute Gasteiger partial charge is 0.491 e. The Morgan fingerprint density at radius 2 is 1.84 bits per heavy atom. The van der Waals surface area contributed by atoms with Gasteiger partial charge in [-0.15, -0.1) is 0 Å². The van der Waals surface area contributed by atoms with Crippen LogP contribution in [0.15, 0.2) is 64.9 Å². The zero-order chi connectivity index (χ0) is 22.2. The van der Waals surface area contributed by atoms with Crippen LogP contribution in [0.5, 0.6) is 5.75 Å². The van der Waals surface area contributed by atoms with Gasteiger partial charge in [0.05, 0.1) is 26.0 Å². The van der Waals surface area contributed by atoms with Crippen LogP contribution in [0, 0.1) is 0 Å². The lowest BCUT2D eigenvalue weighted by atomic mass is 10.2. The van der Waals surface area contributed by atoms with E-state index >= 15 is 0 Å². The molecule has 3 rings (SSSR count). The van der Waals surface area contributed by atoms with Gasteiger partial charge in [-0.1, -0.05) is 11.8 Å². The van der Waals surface area contributed by atoms with Gasteiger partial charge < -0.3 is 19.4 Å². The van der Waals surface area contributed by atoms with Crippen LogP contribution in [-0.4, -0.2) is 40.6 Å². The van der Waals surface area contributed by atoms with Gasteiger partial charge in [-0.25, -0.2) is 14.8 Å². The lowest BCUT2D eigenvalue weighted by Crippen LogP contribution is -2.22. The van der Waals surface area contributed by atoms with Gasteiger partial charge in [0, 0.05) is 35.6 Å². The number of ether oxygens (including phenoxy) is 2. The minimum absolute atomic E-state index is 0.0407. The third-order valence-corrected chi connectivity index (χ3v) is 5.11. The maximum Gasteiger partial charge on any atom is 0.337 e. The summed E-state index contributed by atoms with van der Waals surface area (Å²) in [5, 5.41) is 3.33. The molecule has 1 aromatic carbocycles. The van der Waals surface area contributed by atoms with E-state index in [1.54, 1.807) is 47.3 Å². The molecule has 0 fully saturated rings. The van der Waals surface area contributed by atoms with Gasteiger partial charge >= 0.3 is 5.97 Å². The molecule has 0 saturated carbocycles. The number of methoxy groups -OCH3 is 2. The topological polar surface area (TPSA) is 112 Å². The highest BCUT2D eigenvalue weighted by molar-refractivity contribution is 7.98. The molecular weight excluding hydrogens is 420 g/mol. The Labute approximate surface area is 182 Å². The van der Waals surface area contributed by atoms with E-state index in [1.807, 2.05) is 0 Å². The van der Waals surface area contributed by atoms with Crippen LogP contribution in [0.3, 0.4) is 0 Å². The Hall–Kier alpha value is -3.66. The number of rotatable bonds is 8. The minimum atomic E-state index is -0.456. The summed E-state index contributed by atoms with van der Waals surface area (Å²) in [6.07, 6.45) is 4.77. The van der Waals surface area contributed by atoms with Gasteiger partial charge in [-0.05, 0) is 30.3 Å². The van der Waals surface area contributed by atoms with Crippen molar-refractivity contribution >= 4 is 29.3 Å². The van der Waals surface area contributed by atoms with Crippen molar-refractivity contribution in [1.29, 1.82) is 0 Å². The molecule has 10 heteroatoms. The number of pyridine rings is 1. The molecule has 0 radical (unpaired) electrons. The van der Waals surface area contributed by atoms with Gasteiger partial charge in [0.1, 0.15) is 6.54 Å². The molecule has 1 N–H and O–H groups in total. The summed E-state index contributed by atoms with van der Waals surface area (Å²) in [4.78, 5) is 44.6. The number of esters is 1. The van der Waals surface area contributed by atoms with Crippen molar-refractivity contribution in [3.63, 3.8) is 0 Å². The van der Waals surface area contributed by atoms with Crippen molar-refractivity contribution in [2.75, 3.05) is 19.5 Å². The molecule has 160 valence electrons. The highest BCUT2D eigenvalue weighted by Gasteiger charge is 2.12. The number of amides is 1. The van der Waals surface area contributed by atoms with Crippen molar-refractivity contribution in [2.45, 2.75) is 17.5 Å². The van der Waals surface area contributed by atoms with E-state index < -0.39 is 5.97 Å². The molecule has 9 nitrogen and oxygen atoms in total. The average Bonchev–Trinajstić information content (AvgIpc) is 2.79. The fraction of sp³-hybridized carbons (Fsp3) is 0.190. The molecular formula is C21H20N4O5S. The van der Waals surface area contributed by atoms with Crippen molar-refractivity contribution in [3.05, 3.63) is 76.5 Å². The second-order valence-electron chi connectivity index (χ2n) is 6.26. The Bertz CT molecular complexity index is 1120. The van der Waals surface area contributed by atoms with Crippen molar-refractivity contribution in [3.8, 4) is 5.75 Å². The van der Waals surface area contributed by atoms with E-state index in [2.05, 4.69) is 20.0 Å². The standard InChI is InChI=1S/C21H20N4O5S/c1-29-18-11-25(16(10-17(18)26)13-31-21-22-8-3-9-23-21)12-19(27)24-15-6-4-14(5-7-15)20(28)30-2/h3-11H,12-13H2,1-2H3,(H,24,27). The van der Waals surface area contributed by atoms with E-state index in [0.717, 1.165) is 0 Å². The van der Waals surface area contributed by atoms with E-state index in [0.29, 0.717) is 27.9 Å². The minimum Gasteiger partial charge on any atom is -0.491 e. The number of carbonyl (C=O) groups excluding carboxylic acids is 2. The fourth-order valence-electron chi connectivity index (χ4n) is 2.68. The molecule has 2 heterocycles. The predicted octanol–water partition coefficient (Wildman–Crippen LogP) is 2.36. The number of hydrogen-bond acceptors (Lipinski definition) is 8. The molecule has 2 aromatic heterocycles. The first-order valence-electron chi connectivity index (χ1n) is 9.15. The second-order valence-corrected chi connectivity index (χ2v) is 7.20. The van der Waals surface area contributed by atoms with Crippen LogP contribution >= 0.6 is 11.8 Å². The van der Waals surface area contributed by atoms with Gasteiger partial charge in [0.25, 0.3) is 0 Å². The molecule has 0 unspecified atom stereocenters. The first kappa shape index (κ1) is 22.0. The molecule has 1 amide bonds. The number of thioether (sulfide) groups is 1. The van der Waals surface area contributed by atoms with E-state index in [9.17, 15) is 14.4 Å². The third-order valence-electron chi connectivity index (χ3n) is 4.20. The van der Waals surface area contributed by atoms with E-state index in [4.69, 9.17) is 4.74 Å². The van der Waals surface area contributed by atoms with Crippen LogP contribution in [0.1, 0.15) is 16.1 Å². The van der Waals surface area contributed by atoms with E-state index in [-0.39, 0.29) is 23.6 Å². The first-order valence-corrected chi connectivity index (χ1v) is 10.1. The van der Waals surface area contributed by atoms with Gasteiger partial charge in [-0.3, -0.25) is 9.59 Å². The quantitative estimate of drug-likeness (QED) is 0.323. The third kappa shape index (κ3) is 5.92. The lowest BCUT2D eigenvalue weighted by molar-refractivity contribution is -0.116. The normalized spacial score (nSPS) is 10.4. The Morgan fingerprint density at radius 1 is 1.13 bits per heavy atom. The highest BCUT2D eigenvalue weighted by atomic mass is 32.2. The summed E-state index contributed by atoms with van der Waals surface area (Å²) >= 11 is 1.35. The Kier molecular flexibility index (Phi) is 7.39. The smallest absolute Gasteiger partial charge is 0.337 e. The van der Waals surface area contributed by atoms with Crippen LogP contribution in [0.2, 0.25) is 0 Å². The maximum atomic E-state index is 12.6. The van der Waals surface area contributed by atoms with Gasteiger partial charge in [0.15, 0.2) is 10.9 Å². The number of aromatic nitrogens is 3. The number of anilines is 1. The van der Waals surface area contributed by atoms with Crippen molar-refractivity contribution < 1.29 is 19.1 Å². The predicted molar refractivity (Wildman–Crippen MR) is 115 cm³/mol. The molecule has 3 aromatic rings. The summed E-state index contributed by atoms with van der Waals surface area (Å²) in [5.74, 6) is -0.230. The molecule has 31 heavy (non-hydrogen) atoms. The Morgan fingerprint density at radius 3 is 2.48 bits per heavy atom. The fourth-order valence-corrected chi connectivity index (χ4v) is 3.48. The van der Waals surface area contributed by atoms with Gasteiger partial charge in [-0.2, -0.15) is 0 Å². The lowest BCUT2D eigenvalue weighted by Gasteiger charge is -2.14. The maximum absolute atomic E-state index is 12.6. The monoisotopic (exact) mass is 440 g/mol. The number of carbonyl (C=O) groups is 2. The molecule has 0 aliphatic rings. The van der Waals surface area contributed by atoms with Crippen LogP contribution in [0.25, 0.3) is 0 Å². The molecule has 0 aliphatic heterocycles. The molecule has 0 spiro atoms. The van der Waals surface area contributed by atoms with Gasteiger partial charge in [0.2, 0.25) is 11.3 Å². The zero-order valence-corrected chi connectivity index (χ0v) is 17.7.